The number of nitriles is 2. The van der Waals surface area contributed by atoms with E-state index in [0.717, 1.165) is 16.0 Å². The molecule has 0 aliphatic carbocycles. The maximum absolute atomic E-state index is 9.66. The van der Waals surface area contributed by atoms with E-state index in [-0.39, 0.29) is 5.92 Å². The topological polar surface area (TPSA) is 71.1 Å². The van der Waals surface area contributed by atoms with Gasteiger partial charge in [0.05, 0.1) is 29.8 Å². The molecule has 0 bridgehead atoms. The minimum atomic E-state index is -0.0300. The molecule has 1 N–H and O–H groups in total. The minimum absolute atomic E-state index is 0.0300. The lowest BCUT2D eigenvalue weighted by atomic mass is 9.89. The van der Waals surface area contributed by atoms with Crippen molar-refractivity contribution in [3.05, 3.63) is 81.8 Å². The molecule has 0 radical (unpaired) electrons. The van der Waals surface area contributed by atoms with Gasteiger partial charge in [-0.3, -0.25) is 0 Å². The van der Waals surface area contributed by atoms with Crippen LogP contribution in [0, 0.1) is 22.7 Å². The molecule has 0 atom stereocenters. The van der Waals surface area contributed by atoms with Gasteiger partial charge in [-0.25, -0.2) is 0 Å². The van der Waals surface area contributed by atoms with E-state index in [9.17, 15) is 5.21 Å². The molecule has 5 heteroatoms. The first-order valence-electron chi connectivity index (χ1n) is 7.06. The van der Waals surface area contributed by atoms with Crippen molar-refractivity contribution in [2.45, 2.75) is 5.92 Å². The van der Waals surface area contributed by atoms with Gasteiger partial charge in [0.15, 0.2) is 0 Å². The van der Waals surface area contributed by atoms with Crippen LogP contribution >= 0.6 is 11.9 Å². The second kappa shape index (κ2) is 6.68. The van der Waals surface area contributed by atoms with Gasteiger partial charge in [0, 0.05) is 10.8 Å². The van der Waals surface area contributed by atoms with Gasteiger partial charge in [-0.1, -0.05) is 30.3 Å². The molecule has 112 valence electrons. The lowest BCUT2D eigenvalue weighted by Crippen LogP contribution is -2.05. The molecule has 0 saturated carbocycles. The summed E-state index contributed by atoms with van der Waals surface area (Å²) in [7, 11) is 0. The SMILES string of the molecule is N#Cc1ccc(C(C2=CCN(O)S2)c2ccc(C#N)cc2)cc1. The van der Waals surface area contributed by atoms with Crippen LogP contribution in [-0.4, -0.2) is 16.2 Å². The molecule has 1 aliphatic heterocycles. The van der Waals surface area contributed by atoms with Crippen LogP contribution in [0.2, 0.25) is 0 Å². The number of nitrogens with zero attached hydrogens (tertiary/aromatic N) is 3. The van der Waals surface area contributed by atoms with Gasteiger partial charge in [-0.05, 0) is 47.3 Å². The van der Waals surface area contributed by atoms with Crippen LogP contribution in [0.25, 0.3) is 0 Å². The van der Waals surface area contributed by atoms with Gasteiger partial charge in [-0.2, -0.15) is 10.5 Å². The summed E-state index contributed by atoms with van der Waals surface area (Å²) in [4.78, 5) is 1.03. The first-order valence-corrected chi connectivity index (χ1v) is 7.83. The summed E-state index contributed by atoms with van der Waals surface area (Å²) in [6.07, 6.45) is 1.99. The predicted octanol–water partition coefficient (Wildman–Crippen LogP) is 3.80. The lowest BCUT2D eigenvalue weighted by molar-refractivity contribution is 0.0325. The van der Waals surface area contributed by atoms with Crippen LogP contribution in [0.15, 0.2) is 59.5 Å². The molecule has 0 unspecified atom stereocenters. The highest BCUT2D eigenvalue weighted by atomic mass is 32.2. The summed E-state index contributed by atoms with van der Waals surface area (Å²) in [5, 5.41) is 27.6. The summed E-state index contributed by atoms with van der Waals surface area (Å²) in [5.41, 5.74) is 3.32. The number of rotatable bonds is 3. The Balaban J connectivity index is 2.02. The molecule has 0 fully saturated rings. The summed E-state index contributed by atoms with van der Waals surface area (Å²) in [6, 6.07) is 19.2. The smallest absolute Gasteiger partial charge is 0.0991 e. The Kier molecular flexibility index (Phi) is 4.45. The Hall–Kier alpha value is -2.57. The van der Waals surface area contributed by atoms with Crippen molar-refractivity contribution in [2.75, 3.05) is 6.54 Å². The Labute approximate surface area is 139 Å². The van der Waals surface area contributed by atoms with Crippen molar-refractivity contribution in [1.82, 2.24) is 4.47 Å². The normalized spacial score (nSPS) is 14.3. The molecule has 0 spiro atoms. The van der Waals surface area contributed by atoms with Crippen molar-refractivity contribution in [1.29, 1.82) is 10.5 Å². The average molecular weight is 319 g/mol. The molecule has 4 nitrogen and oxygen atoms in total. The van der Waals surface area contributed by atoms with Crippen molar-refractivity contribution in [3.63, 3.8) is 0 Å². The molecule has 2 aromatic carbocycles. The largest absolute Gasteiger partial charge is 0.303 e. The summed E-state index contributed by atoms with van der Waals surface area (Å²) < 4.78 is 1.19. The average Bonchev–Trinajstić information content (AvgIpc) is 3.02. The van der Waals surface area contributed by atoms with Crippen LogP contribution in [0.5, 0.6) is 0 Å². The molecular weight excluding hydrogens is 306 g/mol. The Morgan fingerprint density at radius 3 is 1.74 bits per heavy atom. The first kappa shape index (κ1) is 15.3. The van der Waals surface area contributed by atoms with E-state index in [4.69, 9.17) is 10.5 Å². The van der Waals surface area contributed by atoms with Gasteiger partial charge in [0.1, 0.15) is 0 Å². The van der Waals surface area contributed by atoms with Crippen LogP contribution < -0.4 is 0 Å². The zero-order valence-corrected chi connectivity index (χ0v) is 13.0. The maximum atomic E-state index is 9.66. The highest BCUT2D eigenvalue weighted by Crippen LogP contribution is 2.41. The fourth-order valence-corrected chi connectivity index (χ4v) is 3.48. The van der Waals surface area contributed by atoms with Crippen molar-refractivity contribution >= 4 is 11.9 Å². The Morgan fingerprint density at radius 1 is 0.913 bits per heavy atom. The molecular formula is C18H13N3OS. The second-order valence-corrected chi connectivity index (χ2v) is 6.21. The maximum Gasteiger partial charge on any atom is 0.0991 e. The minimum Gasteiger partial charge on any atom is -0.303 e. The Bertz CT molecular complexity index is 756. The van der Waals surface area contributed by atoms with E-state index >= 15 is 0 Å². The first-order chi connectivity index (χ1) is 11.2. The van der Waals surface area contributed by atoms with Crippen molar-refractivity contribution in [2.24, 2.45) is 0 Å². The van der Waals surface area contributed by atoms with Crippen molar-refractivity contribution < 1.29 is 5.21 Å². The van der Waals surface area contributed by atoms with Crippen LogP contribution in [-0.2, 0) is 0 Å². The van der Waals surface area contributed by atoms with Crippen LogP contribution in [0.3, 0.4) is 0 Å². The summed E-state index contributed by atoms with van der Waals surface area (Å²) in [6.45, 7) is 0.475. The van der Waals surface area contributed by atoms with Gasteiger partial charge < -0.3 is 5.21 Å². The third kappa shape index (κ3) is 3.28. The third-order valence-electron chi connectivity index (χ3n) is 3.69. The molecule has 3 rings (SSSR count). The van der Waals surface area contributed by atoms with E-state index in [0.29, 0.717) is 17.7 Å². The fourth-order valence-electron chi connectivity index (χ4n) is 2.56. The van der Waals surface area contributed by atoms with Crippen LogP contribution in [0.1, 0.15) is 28.2 Å². The molecule has 1 aliphatic rings. The lowest BCUT2D eigenvalue weighted by Gasteiger charge is -2.19. The molecule has 1 heterocycles. The zero-order valence-electron chi connectivity index (χ0n) is 12.2. The monoisotopic (exact) mass is 319 g/mol. The molecule has 23 heavy (non-hydrogen) atoms. The van der Waals surface area contributed by atoms with Crippen LogP contribution in [0.4, 0.5) is 0 Å². The highest BCUT2D eigenvalue weighted by molar-refractivity contribution is 8.01. The quantitative estimate of drug-likeness (QED) is 0.871. The highest BCUT2D eigenvalue weighted by Gasteiger charge is 2.25. The Morgan fingerprint density at radius 2 is 1.39 bits per heavy atom. The van der Waals surface area contributed by atoms with Crippen molar-refractivity contribution in [3.8, 4) is 12.1 Å². The molecule has 0 amide bonds. The molecule has 2 aromatic rings. The third-order valence-corrected chi connectivity index (χ3v) is 4.66. The van der Waals surface area contributed by atoms with Gasteiger partial charge in [-0.15, -0.1) is 4.47 Å². The van der Waals surface area contributed by atoms with E-state index in [1.54, 1.807) is 24.3 Å². The van der Waals surface area contributed by atoms with E-state index in [1.807, 2.05) is 30.3 Å². The molecule has 0 aromatic heterocycles. The van der Waals surface area contributed by atoms with Gasteiger partial charge in [0.2, 0.25) is 0 Å². The number of benzene rings is 2. The van der Waals surface area contributed by atoms with Gasteiger partial charge in [0.25, 0.3) is 0 Å². The van der Waals surface area contributed by atoms with E-state index < -0.39 is 0 Å². The van der Waals surface area contributed by atoms with E-state index in [1.165, 1.54) is 16.4 Å². The number of allylic oxidation sites excluding steroid dienone is 1. The summed E-state index contributed by atoms with van der Waals surface area (Å²) >= 11 is 1.30. The standard InChI is InChI=1S/C18H13N3OS/c19-11-13-1-5-15(6-2-13)18(17-9-10-21(22)23-17)16-7-3-14(12-20)4-8-16/h1-9,18,22H,10H2. The van der Waals surface area contributed by atoms with Gasteiger partial charge >= 0.3 is 0 Å². The summed E-state index contributed by atoms with van der Waals surface area (Å²) in [5.74, 6) is -0.0300. The number of hydrogen-bond acceptors (Lipinski definition) is 5. The van der Waals surface area contributed by atoms with E-state index in [2.05, 4.69) is 12.1 Å². The number of hydroxylamine groups is 1. The predicted molar refractivity (Wildman–Crippen MR) is 88.3 cm³/mol. The second-order valence-electron chi connectivity index (χ2n) is 5.13. The molecule has 0 saturated heterocycles. The fraction of sp³-hybridized carbons (Fsp3) is 0.111. The number of hydrogen-bond donors (Lipinski definition) is 1. The zero-order chi connectivity index (χ0) is 16.2.